The Kier molecular flexibility index (Phi) is 6.09. The van der Waals surface area contributed by atoms with E-state index in [0.29, 0.717) is 17.7 Å². The van der Waals surface area contributed by atoms with Crippen LogP contribution in [-0.2, 0) is 24.1 Å². The number of amides is 2. The van der Waals surface area contributed by atoms with Crippen LogP contribution >= 0.6 is 11.8 Å². The van der Waals surface area contributed by atoms with E-state index in [2.05, 4.69) is 5.32 Å². The van der Waals surface area contributed by atoms with Crippen LogP contribution < -0.4 is 5.32 Å². The van der Waals surface area contributed by atoms with Crippen molar-refractivity contribution in [3.63, 3.8) is 0 Å². The largest absolute Gasteiger partial charge is 0.507 e. The number of aromatic hydroxyl groups is 1. The predicted molar refractivity (Wildman–Crippen MR) is 117 cm³/mol. The number of hydrogen-bond acceptors (Lipinski definition) is 4. The van der Waals surface area contributed by atoms with Gasteiger partial charge in [0.1, 0.15) is 5.75 Å². The molecule has 0 atom stereocenters. The molecule has 0 radical (unpaired) electrons. The van der Waals surface area contributed by atoms with Crippen LogP contribution in [0.25, 0.3) is 0 Å². The molecule has 2 aliphatic rings. The van der Waals surface area contributed by atoms with Crippen LogP contribution in [0.1, 0.15) is 39.9 Å². The molecule has 152 valence electrons. The highest BCUT2D eigenvalue weighted by molar-refractivity contribution is 7.99. The number of carbonyl (C=O) groups excluding carboxylic acids is 2. The van der Waals surface area contributed by atoms with Gasteiger partial charge in [0.05, 0.1) is 12.0 Å². The minimum absolute atomic E-state index is 0.0325. The molecule has 1 aliphatic carbocycles. The highest BCUT2D eigenvalue weighted by atomic mass is 32.2. The summed E-state index contributed by atoms with van der Waals surface area (Å²) in [5, 5.41) is 13.1. The summed E-state index contributed by atoms with van der Waals surface area (Å²) in [6, 6.07) is 10.9. The van der Waals surface area contributed by atoms with Crippen molar-refractivity contribution in [2.45, 2.75) is 32.1 Å². The lowest BCUT2D eigenvalue weighted by Crippen LogP contribution is -2.38. The minimum Gasteiger partial charge on any atom is -0.507 e. The van der Waals surface area contributed by atoms with Crippen molar-refractivity contribution in [3.8, 4) is 5.75 Å². The van der Waals surface area contributed by atoms with Gasteiger partial charge in [0.2, 0.25) is 5.91 Å². The van der Waals surface area contributed by atoms with E-state index in [-0.39, 0.29) is 17.6 Å². The number of anilines is 1. The maximum atomic E-state index is 12.7. The first-order chi connectivity index (χ1) is 14.1. The average molecular weight is 411 g/mol. The molecule has 2 amide bonds. The number of nitrogens with one attached hydrogen (secondary N) is 1. The van der Waals surface area contributed by atoms with E-state index >= 15 is 0 Å². The first-order valence-corrected chi connectivity index (χ1v) is 11.4. The van der Waals surface area contributed by atoms with Gasteiger partial charge in [-0.2, -0.15) is 11.8 Å². The Bertz CT molecular complexity index is 905. The number of phenols is 1. The normalized spacial score (nSPS) is 16.2. The van der Waals surface area contributed by atoms with Gasteiger partial charge in [-0.3, -0.25) is 9.59 Å². The summed E-state index contributed by atoms with van der Waals surface area (Å²) in [6.45, 7) is 1.64. The highest BCUT2D eigenvalue weighted by Gasteiger charge is 2.19. The van der Waals surface area contributed by atoms with E-state index < -0.39 is 0 Å². The number of fused-ring (bicyclic) bond motifs is 1. The van der Waals surface area contributed by atoms with E-state index in [1.54, 1.807) is 6.07 Å². The summed E-state index contributed by atoms with van der Waals surface area (Å²) < 4.78 is 0. The molecule has 1 aliphatic heterocycles. The minimum atomic E-state index is -0.314. The summed E-state index contributed by atoms with van der Waals surface area (Å²) in [5.74, 6) is 1.88. The topological polar surface area (TPSA) is 69.6 Å². The third-order valence-corrected chi connectivity index (χ3v) is 6.58. The Labute approximate surface area is 175 Å². The van der Waals surface area contributed by atoms with Crippen molar-refractivity contribution >= 4 is 29.3 Å². The van der Waals surface area contributed by atoms with Gasteiger partial charge in [-0.1, -0.05) is 12.1 Å². The standard InChI is InChI=1S/C23H26N2O3S/c26-21-15-18-4-2-1-3-17(18)14-20(21)23(28)24-19-7-5-16(6-8-19)13-22(27)25-9-11-29-12-10-25/h5-8,14-15,26H,1-4,9-13H2,(H,24,28). The van der Waals surface area contributed by atoms with Crippen LogP contribution in [0, 0.1) is 0 Å². The quantitative estimate of drug-likeness (QED) is 0.807. The van der Waals surface area contributed by atoms with Gasteiger partial charge in [0.25, 0.3) is 5.91 Å². The molecule has 1 heterocycles. The van der Waals surface area contributed by atoms with Crippen LogP contribution in [0.3, 0.4) is 0 Å². The molecule has 0 saturated carbocycles. The van der Waals surface area contributed by atoms with Crippen molar-refractivity contribution < 1.29 is 14.7 Å². The molecule has 5 nitrogen and oxygen atoms in total. The zero-order valence-corrected chi connectivity index (χ0v) is 17.3. The second-order valence-electron chi connectivity index (χ2n) is 7.67. The Hall–Kier alpha value is -2.47. The fourth-order valence-corrected chi connectivity index (χ4v) is 4.86. The SMILES string of the molecule is O=C(Nc1ccc(CC(=O)N2CCSCC2)cc1)c1cc2c(cc1O)CCCC2. The number of aryl methyl sites for hydroxylation is 2. The maximum Gasteiger partial charge on any atom is 0.259 e. The Morgan fingerprint density at radius 2 is 1.66 bits per heavy atom. The lowest BCUT2D eigenvalue weighted by molar-refractivity contribution is -0.130. The molecule has 2 aromatic carbocycles. The Morgan fingerprint density at radius 1 is 1.00 bits per heavy atom. The number of thioether (sulfide) groups is 1. The van der Waals surface area contributed by atoms with Gasteiger partial charge < -0.3 is 15.3 Å². The molecule has 2 N–H and O–H groups in total. The van der Waals surface area contributed by atoms with Crippen LogP contribution in [0.5, 0.6) is 5.75 Å². The van der Waals surface area contributed by atoms with Gasteiger partial charge in [0, 0.05) is 30.3 Å². The molecule has 2 aromatic rings. The third-order valence-electron chi connectivity index (χ3n) is 5.64. The van der Waals surface area contributed by atoms with Crippen molar-refractivity contribution in [1.29, 1.82) is 0 Å². The maximum absolute atomic E-state index is 12.7. The van der Waals surface area contributed by atoms with Crippen LogP contribution in [-0.4, -0.2) is 46.4 Å². The number of benzene rings is 2. The Balaban J connectivity index is 1.39. The molecular formula is C23H26N2O3S. The first kappa shape index (κ1) is 19.8. The van der Waals surface area contributed by atoms with E-state index in [1.807, 2.05) is 47.0 Å². The van der Waals surface area contributed by atoms with E-state index in [9.17, 15) is 14.7 Å². The van der Waals surface area contributed by atoms with E-state index in [0.717, 1.165) is 67.0 Å². The zero-order chi connectivity index (χ0) is 20.2. The first-order valence-electron chi connectivity index (χ1n) is 10.2. The van der Waals surface area contributed by atoms with Crippen LogP contribution in [0.2, 0.25) is 0 Å². The van der Waals surface area contributed by atoms with Gasteiger partial charge in [-0.05, 0) is 66.6 Å². The van der Waals surface area contributed by atoms with Gasteiger partial charge in [0.15, 0.2) is 0 Å². The predicted octanol–water partition coefficient (Wildman–Crippen LogP) is 3.64. The number of carbonyl (C=O) groups is 2. The lowest BCUT2D eigenvalue weighted by Gasteiger charge is -2.26. The smallest absolute Gasteiger partial charge is 0.259 e. The summed E-state index contributed by atoms with van der Waals surface area (Å²) in [4.78, 5) is 27.0. The van der Waals surface area contributed by atoms with Crippen molar-refractivity contribution in [2.75, 3.05) is 29.9 Å². The second kappa shape index (κ2) is 8.91. The number of hydrogen-bond donors (Lipinski definition) is 2. The van der Waals surface area contributed by atoms with E-state index in [1.165, 1.54) is 0 Å². The molecule has 0 unspecified atom stereocenters. The molecule has 0 spiro atoms. The number of phenolic OH excluding ortho intramolecular Hbond substituents is 1. The van der Waals surface area contributed by atoms with Crippen molar-refractivity contribution in [1.82, 2.24) is 4.90 Å². The molecule has 0 bridgehead atoms. The monoisotopic (exact) mass is 410 g/mol. The fourth-order valence-electron chi connectivity index (χ4n) is 3.96. The molecule has 1 fully saturated rings. The van der Waals surface area contributed by atoms with E-state index in [4.69, 9.17) is 0 Å². The summed E-state index contributed by atoms with van der Waals surface area (Å²) >= 11 is 1.88. The fraction of sp³-hybridized carbons (Fsp3) is 0.391. The van der Waals surface area contributed by atoms with Crippen LogP contribution in [0.4, 0.5) is 5.69 Å². The molecule has 1 saturated heterocycles. The third kappa shape index (κ3) is 4.75. The molecule has 4 rings (SSSR count). The Morgan fingerprint density at radius 3 is 2.34 bits per heavy atom. The number of nitrogens with zero attached hydrogens (tertiary/aromatic N) is 1. The molecule has 0 aromatic heterocycles. The van der Waals surface area contributed by atoms with Gasteiger partial charge >= 0.3 is 0 Å². The number of rotatable bonds is 4. The van der Waals surface area contributed by atoms with Crippen LogP contribution in [0.15, 0.2) is 36.4 Å². The summed E-state index contributed by atoms with van der Waals surface area (Å²) in [7, 11) is 0. The molecule has 6 heteroatoms. The average Bonchev–Trinajstić information content (AvgIpc) is 2.75. The van der Waals surface area contributed by atoms with Gasteiger partial charge in [-0.15, -0.1) is 0 Å². The lowest BCUT2D eigenvalue weighted by atomic mass is 9.90. The van der Waals surface area contributed by atoms with Crippen molar-refractivity contribution in [2.24, 2.45) is 0 Å². The summed E-state index contributed by atoms with van der Waals surface area (Å²) in [5.41, 5.74) is 4.20. The second-order valence-corrected chi connectivity index (χ2v) is 8.89. The van der Waals surface area contributed by atoms with Gasteiger partial charge in [-0.25, -0.2) is 0 Å². The molecular weight excluding hydrogens is 384 g/mol. The highest BCUT2D eigenvalue weighted by Crippen LogP contribution is 2.29. The zero-order valence-electron chi connectivity index (χ0n) is 16.4. The summed E-state index contributed by atoms with van der Waals surface area (Å²) in [6.07, 6.45) is 4.54. The molecule has 29 heavy (non-hydrogen) atoms. The van der Waals surface area contributed by atoms with Crippen molar-refractivity contribution in [3.05, 3.63) is 58.7 Å².